The van der Waals surface area contributed by atoms with Gasteiger partial charge in [-0.3, -0.25) is 19.3 Å². The van der Waals surface area contributed by atoms with E-state index in [9.17, 15) is 14.4 Å². The molecule has 5 nitrogen and oxygen atoms in total. The van der Waals surface area contributed by atoms with E-state index in [1.165, 1.54) is 0 Å². The standard InChI is InChI=1S/C31H23NO4/c1-32-17-25(18-13-15-20(36-2)16-14-18)30(27(33)21-9-3-4-10-22(21)28(30)34)31(32)24-12-6-8-19-7-5-11-23(26(19)24)29(31)35/h3-16,25H,17H2,1-2H3. The van der Waals surface area contributed by atoms with Gasteiger partial charge in [-0.2, -0.15) is 0 Å². The molecule has 0 saturated carbocycles. The second-order valence-corrected chi connectivity index (χ2v) is 9.97. The highest BCUT2D eigenvalue weighted by molar-refractivity contribution is 6.36. The van der Waals surface area contributed by atoms with E-state index in [1.807, 2.05) is 72.6 Å². The van der Waals surface area contributed by atoms with Crippen LogP contribution in [0.2, 0.25) is 0 Å². The van der Waals surface area contributed by atoms with Crippen LogP contribution in [-0.2, 0) is 5.54 Å². The number of likely N-dealkylation sites (N-methyl/N-ethyl adjacent to an activating group) is 1. The molecule has 2 aliphatic carbocycles. The SMILES string of the molecule is COc1ccc(C2CN(C)C3(C(=O)c4cccc5cccc3c45)C23C(=O)c2ccccc2C3=O)cc1. The Balaban J connectivity index is 1.60. The highest BCUT2D eigenvalue weighted by Gasteiger charge is 2.78. The number of ketones is 3. The fourth-order valence-corrected chi connectivity index (χ4v) is 7.26. The summed E-state index contributed by atoms with van der Waals surface area (Å²) in [5.74, 6) is -0.551. The van der Waals surface area contributed by atoms with Gasteiger partial charge in [0, 0.05) is 29.2 Å². The van der Waals surface area contributed by atoms with Gasteiger partial charge in [-0.25, -0.2) is 0 Å². The Hall–Kier alpha value is -4.09. The monoisotopic (exact) mass is 473 g/mol. The quantitative estimate of drug-likeness (QED) is 0.382. The first-order valence-corrected chi connectivity index (χ1v) is 12.1. The third-order valence-corrected chi connectivity index (χ3v) is 8.64. The molecule has 1 saturated heterocycles. The molecule has 2 spiro atoms. The minimum atomic E-state index is -1.62. The Kier molecular flexibility index (Phi) is 4.12. The molecule has 0 bridgehead atoms. The third kappa shape index (κ3) is 2.15. The van der Waals surface area contributed by atoms with E-state index in [2.05, 4.69) is 0 Å². The van der Waals surface area contributed by atoms with Gasteiger partial charge in [0.1, 0.15) is 16.7 Å². The molecule has 176 valence electrons. The average Bonchev–Trinajstić information content (AvgIpc) is 3.44. The highest BCUT2D eigenvalue weighted by Crippen LogP contribution is 2.67. The van der Waals surface area contributed by atoms with Gasteiger partial charge in [0.05, 0.1) is 7.11 Å². The molecule has 0 N–H and O–H groups in total. The second kappa shape index (κ2) is 6.99. The van der Waals surface area contributed by atoms with Gasteiger partial charge in [-0.15, -0.1) is 0 Å². The summed E-state index contributed by atoms with van der Waals surface area (Å²) >= 11 is 0. The van der Waals surface area contributed by atoms with Crippen LogP contribution in [0.5, 0.6) is 5.75 Å². The van der Waals surface area contributed by atoms with E-state index in [1.54, 1.807) is 31.4 Å². The van der Waals surface area contributed by atoms with Crippen LogP contribution in [0.1, 0.15) is 48.1 Å². The maximum absolute atomic E-state index is 14.6. The number of hydrogen-bond donors (Lipinski definition) is 0. The zero-order valence-electron chi connectivity index (χ0n) is 19.9. The molecule has 1 heterocycles. The summed E-state index contributed by atoms with van der Waals surface area (Å²) in [6, 6.07) is 26.0. The van der Waals surface area contributed by atoms with Crippen LogP contribution in [0.15, 0.2) is 84.9 Å². The van der Waals surface area contributed by atoms with Crippen molar-refractivity contribution in [2.24, 2.45) is 5.41 Å². The van der Waals surface area contributed by atoms with Crippen molar-refractivity contribution in [3.8, 4) is 5.75 Å². The maximum Gasteiger partial charge on any atom is 0.189 e. The number of likely N-dealkylation sites (tertiary alicyclic amines) is 1. The molecule has 5 heteroatoms. The van der Waals surface area contributed by atoms with Gasteiger partial charge in [0.25, 0.3) is 0 Å². The van der Waals surface area contributed by atoms with Gasteiger partial charge >= 0.3 is 0 Å². The Labute approximate surface area is 208 Å². The zero-order valence-corrected chi connectivity index (χ0v) is 19.9. The largest absolute Gasteiger partial charge is 0.497 e. The molecule has 2 unspecified atom stereocenters. The van der Waals surface area contributed by atoms with Crippen molar-refractivity contribution >= 4 is 28.1 Å². The van der Waals surface area contributed by atoms with E-state index in [0.29, 0.717) is 29.0 Å². The normalized spacial score (nSPS) is 23.8. The van der Waals surface area contributed by atoms with Crippen LogP contribution < -0.4 is 4.74 Å². The first-order chi connectivity index (χ1) is 17.5. The number of methoxy groups -OCH3 is 1. The van der Waals surface area contributed by atoms with Crippen LogP contribution in [0.4, 0.5) is 0 Å². The van der Waals surface area contributed by atoms with E-state index in [4.69, 9.17) is 4.74 Å². The Bertz CT molecular complexity index is 1600. The predicted molar refractivity (Wildman–Crippen MR) is 136 cm³/mol. The number of benzene rings is 4. The highest BCUT2D eigenvalue weighted by atomic mass is 16.5. The molecule has 2 atom stereocenters. The van der Waals surface area contributed by atoms with Gasteiger partial charge < -0.3 is 4.74 Å². The van der Waals surface area contributed by atoms with Gasteiger partial charge in [-0.1, -0.05) is 72.8 Å². The van der Waals surface area contributed by atoms with Gasteiger partial charge in [0.2, 0.25) is 0 Å². The van der Waals surface area contributed by atoms with Crippen LogP contribution in [0, 0.1) is 5.41 Å². The molecule has 0 radical (unpaired) electrons. The summed E-state index contributed by atoms with van der Waals surface area (Å²) in [5, 5.41) is 1.77. The summed E-state index contributed by atoms with van der Waals surface area (Å²) in [6.07, 6.45) is 0. The number of fused-ring (bicyclic) bond motifs is 3. The average molecular weight is 474 g/mol. The molecule has 0 aromatic heterocycles. The van der Waals surface area contributed by atoms with Crippen LogP contribution >= 0.6 is 0 Å². The van der Waals surface area contributed by atoms with E-state index in [-0.39, 0.29) is 17.3 Å². The number of rotatable bonds is 2. The van der Waals surface area contributed by atoms with Crippen molar-refractivity contribution in [2.45, 2.75) is 11.5 Å². The smallest absolute Gasteiger partial charge is 0.189 e. The van der Waals surface area contributed by atoms with Crippen molar-refractivity contribution < 1.29 is 19.1 Å². The van der Waals surface area contributed by atoms with Crippen molar-refractivity contribution in [3.63, 3.8) is 0 Å². The van der Waals surface area contributed by atoms with Crippen molar-refractivity contribution in [1.82, 2.24) is 4.90 Å². The molecule has 4 aromatic rings. The van der Waals surface area contributed by atoms with E-state index >= 15 is 0 Å². The Morgan fingerprint density at radius 3 is 2.00 bits per heavy atom. The summed E-state index contributed by atoms with van der Waals surface area (Å²) in [7, 11) is 3.47. The van der Waals surface area contributed by atoms with E-state index < -0.39 is 16.9 Å². The number of carbonyl (C=O) groups is 3. The van der Waals surface area contributed by atoms with Crippen LogP contribution in [-0.4, -0.2) is 43.0 Å². The van der Waals surface area contributed by atoms with Crippen molar-refractivity contribution in [3.05, 3.63) is 113 Å². The Morgan fingerprint density at radius 1 is 0.750 bits per heavy atom. The molecule has 1 fully saturated rings. The third-order valence-electron chi connectivity index (χ3n) is 8.64. The molecular formula is C31H23NO4. The number of hydrogen-bond acceptors (Lipinski definition) is 5. The number of carbonyl (C=O) groups excluding carboxylic acids is 3. The summed E-state index contributed by atoms with van der Waals surface area (Å²) in [4.78, 5) is 45.9. The summed E-state index contributed by atoms with van der Waals surface area (Å²) in [5.41, 5.74) is -0.114. The fraction of sp³-hybridized carbons (Fsp3) is 0.194. The Morgan fingerprint density at radius 2 is 1.36 bits per heavy atom. The molecule has 3 aliphatic rings. The predicted octanol–water partition coefficient (Wildman–Crippen LogP) is 5.03. The molecule has 1 aliphatic heterocycles. The lowest BCUT2D eigenvalue weighted by molar-refractivity contribution is 0.0320. The molecule has 36 heavy (non-hydrogen) atoms. The number of ether oxygens (including phenoxy) is 1. The summed E-state index contributed by atoms with van der Waals surface area (Å²) in [6.45, 7) is 0.383. The minimum Gasteiger partial charge on any atom is -0.497 e. The summed E-state index contributed by atoms with van der Waals surface area (Å²) < 4.78 is 5.36. The molecule has 7 rings (SSSR count). The molecule has 4 aromatic carbocycles. The van der Waals surface area contributed by atoms with Crippen molar-refractivity contribution in [1.29, 1.82) is 0 Å². The lowest BCUT2D eigenvalue weighted by Crippen LogP contribution is -2.59. The first-order valence-electron chi connectivity index (χ1n) is 12.1. The van der Waals surface area contributed by atoms with Crippen LogP contribution in [0.3, 0.4) is 0 Å². The fourth-order valence-electron chi connectivity index (χ4n) is 7.26. The molecule has 0 amide bonds. The van der Waals surface area contributed by atoms with Gasteiger partial charge in [0.15, 0.2) is 17.3 Å². The number of Topliss-reactive ketones (excluding diaryl/α,β-unsaturated/α-hetero) is 3. The lowest BCUT2D eigenvalue weighted by Gasteiger charge is -2.43. The second-order valence-electron chi connectivity index (χ2n) is 9.97. The topological polar surface area (TPSA) is 63.7 Å². The van der Waals surface area contributed by atoms with Crippen LogP contribution in [0.25, 0.3) is 10.8 Å². The molecular weight excluding hydrogens is 450 g/mol. The first kappa shape index (κ1) is 21.2. The lowest BCUT2D eigenvalue weighted by atomic mass is 9.57. The van der Waals surface area contributed by atoms with Crippen molar-refractivity contribution in [2.75, 3.05) is 20.7 Å². The number of nitrogens with zero attached hydrogens (tertiary/aromatic N) is 1. The maximum atomic E-state index is 14.6. The zero-order chi connectivity index (χ0) is 24.8. The van der Waals surface area contributed by atoms with E-state index in [0.717, 1.165) is 21.9 Å². The van der Waals surface area contributed by atoms with Gasteiger partial charge in [-0.05, 0) is 41.1 Å². The minimum absolute atomic E-state index is 0.178.